The number of carbonyl (C=O) groups excluding carboxylic acids is 2. The molecule has 0 radical (unpaired) electrons. The smallest absolute Gasteiger partial charge is 0.320 e. The fourth-order valence-corrected chi connectivity index (χ4v) is 2.04. The van der Waals surface area contributed by atoms with Gasteiger partial charge in [-0.05, 0) is 31.7 Å². The maximum Gasteiger partial charge on any atom is 0.320 e. The maximum atomic E-state index is 12.0. The van der Waals surface area contributed by atoms with Crippen molar-refractivity contribution in [1.29, 1.82) is 0 Å². The van der Waals surface area contributed by atoms with E-state index >= 15 is 0 Å². The molecule has 6 nitrogen and oxygen atoms in total. The molecule has 0 saturated heterocycles. The van der Waals surface area contributed by atoms with Crippen molar-refractivity contribution in [3.05, 3.63) is 23.2 Å². The van der Waals surface area contributed by atoms with E-state index in [1.807, 2.05) is 6.92 Å². The lowest BCUT2D eigenvalue weighted by atomic mass is 10.3. The Labute approximate surface area is 141 Å². The number of ether oxygens (including phenoxy) is 2. The van der Waals surface area contributed by atoms with Crippen LogP contribution in [0.15, 0.2) is 18.2 Å². The third kappa shape index (κ3) is 7.34. The fraction of sp³-hybridized carbons (Fsp3) is 0.500. The molecular weight excluding hydrogens is 320 g/mol. The van der Waals surface area contributed by atoms with Crippen molar-refractivity contribution in [3.63, 3.8) is 0 Å². The standard InChI is InChI=1S/C16H23ClN2O4/c1-4-5-8-23-16(21)11-19(2)10-15(20)18-13-9-12(17)6-7-14(13)22-3/h6-7,9H,4-5,8,10-11H2,1-3H3,(H,18,20). The third-order valence-corrected chi connectivity index (χ3v) is 3.24. The summed E-state index contributed by atoms with van der Waals surface area (Å²) in [6.45, 7) is 2.55. The zero-order valence-corrected chi connectivity index (χ0v) is 14.5. The zero-order chi connectivity index (χ0) is 17.2. The van der Waals surface area contributed by atoms with E-state index in [9.17, 15) is 9.59 Å². The number of esters is 1. The number of nitrogens with one attached hydrogen (secondary N) is 1. The summed E-state index contributed by atoms with van der Waals surface area (Å²) in [6.07, 6.45) is 1.80. The van der Waals surface area contributed by atoms with E-state index in [1.165, 1.54) is 7.11 Å². The maximum absolute atomic E-state index is 12.0. The number of nitrogens with zero attached hydrogens (tertiary/aromatic N) is 1. The number of benzene rings is 1. The number of halogens is 1. The van der Waals surface area contributed by atoms with Crippen molar-refractivity contribution in [1.82, 2.24) is 4.90 Å². The molecule has 1 amide bonds. The third-order valence-electron chi connectivity index (χ3n) is 3.01. The van der Waals surface area contributed by atoms with Gasteiger partial charge in [-0.25, -0.2) is 0 Å². The van der Waals surface area contributed by atoms with Crippen LogP contribution in [0.5, 0.6) is 5.75 Å². The molecule has 0 bridgehead atoms. The minimum atomic E-state index is -0.339. The summed E-state index contributed by atoms with van der Waals surface area (Å²) in [5.41, 5.74) is 0.490. The second-order valence-electron chi connectivity index (χ2n) is 5.14. The number of amides is 1. The van der Waals surface area contributed by atoms with E-state index in [4.69, 9.17) is 21.1 Å². The van der Waals surface area contributed by atoms with Crippen LogP contribution in [-0.4, -0.2) is 50.6 Å². The number of carbonyl (C=O) groups is 2. The van der Waals surface area contributed by atoms with Crippen molar-refractivity contribution in [2.45, 2.75) is 19.8 Å². The van der Waals surface area contributed by atoms with Gasteiger partial charge >= 0.3 is 5.97 Å². The second kappa shape index (κ2) is 10.1. The minimum Gasteiger partial charge on any atom is -0.495 e. The van der Waals surface area contributed by atoms with Crippen LogP contribution in [0.25, 0.3) is 0 Å². The molecule has 0 spiro atoms. The summed E-state index contributed by atoms with van der Waals surface area (Å²) in [4.78, 5) is 25.2. The average Bonchev–Trinajstić information content (AvgIpc) is 2.47. The van der Waals surface area contributed by atoms with E-state index in [2.05, 4.69) is 5.32 Å². The Kier molecular flexibility index (Phi) is 8.43. The quantitative estimate of drug-likeness (QED) is 0.552. The molecule has 0 heterocycles. The van der Waals surface area contributed by atoms with Gasteiger partial charge in [0.05, 0.1) is 32.5 Å². The first kappa shape index (κ1) is 19.3. The van der Waals surface area contributed by atoms with Gasteiger partial charge in [0.25, 0.3) is 0 Å². The fourth-order valence-electron chi connectivity index (χ4n) is 1.87. The molecule has 1 N–H and O–H groups in total. The van der Waals surface area contributed by atoms with Crippen molar-refractivity contribution in [3.8, 4) is 5.75 Å². The Balaban J connectivity index is 2.47. The van der Waals surface area contributed by atoms with Gasteiger partial charge < -0.3 is 14.8 Å². The first-order chi connectivity index (χ1) is 11.0. The molecule has 0 unspecified atom stereocenters. The zero-order valence-electron chi connectivity index (χ0n) is 13.7. The molecule has 0 aliphatic heterocycles. The summed E-state index contributed by atoms with van der Waals surface area (Å²) in [6, 6.07) is 4.96. The molecule has 0 fully saturated rings. The molecule has 7 heteroatoms. The number of likely N-dealkylation sites (N-methyl/N-ethyl adjacent to an activating group) is 1. The van der Waals surface area contributed by atoms with Gasteiger partial charge in [0.1, 0.15) is 5.75 Å². The highest BCUT2D eigenvalue weighted by Crippen LogP contribution is 2.27. The van der Waals surface area contributed by atoms with Gasteiger partial charge in [-0.15, -0.1) is 0 Å². The van der Waals surface area contributed by atoms with Gasteiger partial charge in [0.15, 0.2) is 0 Å². The van der Waals surface area contributed by atoms with E-state index in [1.54, 1.807) is 30.1 Å². The van der Waals surface area contributed by atoms with Gasteiger partial charge in [-0.2, -0.15) is 0 Å². The van der Waals surface area contributed by atoms with Crippen LogP contribution >= 0.6 is 11.6 Å². The van der Waals surface area contributed by atoms with Gasteiger partial charge in [0, 0.05) is 5.02 Å². The summed E-state index contributed by atoms with van der Waals surface area (Å²) in [5.74, 6) is -0.0899. The van der Waals surface area contributed by atoms with Gasteiger partial charge in [-0.1, -0.05) is 24.9 Å². The van der Waals surface area contributed by atoms with Gasteiger partial charge in [-0.3, -0.25) is 14.5 Å². The van der Waals surface area contributed by atoms with Crippen LogP contribution in [0.2, 0.25) is 5.02 Å². The van der Waals surface area contributed by atoms with E-state index < -0.39 is 0 Å². The first-order valence-electron chi connectivity index (χ1n) is 7.43. The molecule has 1 aromatic rings. The van der Waals surface area contributed by atoms with E-state index in [0.29, 0.717) is 23.1 Å². The van der Waals surface area contributed by atoms with E-state index in [0.717, 1.165) is 12.8 Å². The van der Waals surface area contributed by atoms with Crippen LogP contribution in [0.4, 0.5) is 5.69 Å². The summed E-state index contributed by atoms with van der Waals surface area (Å²) in [7, 11) is 3.19. The highest BCUT2D eigenvalue weighted by atomic mass is 35.5. The summed E-state index contributed by atoms with van der Waals surface area (Å²) < 4.78 is 10.2. The molecule has 128 valence electrons. The van der Waals surface area contributed by atoms with Crippen LogP contribution in [0, 0.1) is 0 Å². The second-order valence-corrected chi connectivity index (χ2v) is 5.58. The van der Waals surface area contributed by atoms with Crippen molar-refractivity contribution < 1.29 is 19.1 Å². The summed E-state index contributed by atoms with van der Waals surface area (Å²) >= 11 is 5.91. The Bertz CT molecular complexity index is 537. The predicted molar refractivity (Wildman–Crippen MR) is 90.0 cm³/mol. The number of methoxy groups -OCH3 is 1. The molecular formula is C16H23ClN2O4. The lowest BCUT2D eigenvalue weighted by Crippen LogP contribution is -2.34. The van der Waals surface area contributed by atoms with Crippen molar-refractivity contribution in [2.24, 2.45) is 0 Å². The number of unbranched alkanes of at least 4 members (excludes halogenated alkanes) is 1. The molecule has 1 rings (SSSR count). The molecule has 23 heavy (non-hydrogen) atoms. The molecule has 0 aliphatic carbocycles. The molecule has 0 aromatic heterocycles. The molecule has 0 saturated carbocycles. The molecule has 0 atom stereocenters. The molecule has 1 aromatic carbocycles. The Morgan fingerprint density at radius 2 is 2.04 bits per heavy atom. The molecule has 0 aliphatic rings. The van der Waals surface area contributed by atoms with E-state index in [-0.39, 0.29) is 25.0 Å². The number of anilines is 1. The number of rotatable bonds is 9. The normalized spacial score (nSPS) is 10.5. The van der Waals surface area contributed by atoms with Gasteiger partial charge in [0.2, 0.25) is 5.91 Å². The lowest BCUT2D eigenvalue weighted by molar-refractivity contribution is -0.144. The Morgan fingerprint density at radius 3 is 2.70 bits per heavy atom. The summed E-state index contributed by atoms with van der Waals surface area (Å²) in [5, 5.41) is 3.21. The highest BCUT2D eigenvalue weighted by Gasteiger charge is 2.13. The van der Waals surface area contributed by atoms with Crippen LogP contribution in [0.3, 0.4) is 0 Å². The number of hydrogen-bond donors (Lipinski definition) is 1. The lowest BCUT2D eigenvalue weighted by Gasteiger charge is -2.16. The van der Waals surface area contributed by atoms with Crippen molar-refractivity contribution >= 4 is 29.2 Å². The monoisotopic (exact) mass is 342 g/mol. The topological polar surface area (TPSA) is 67.9 Å². The Hall–Kier alpha value is -1.79. The van der Waals surface area contributed by atoms with Crippen molar-refractivity contribution in [2.75, 3.05) is 39.2 Å². The average molecular weight is 343 g/mol. The predicted octanol–water partition coefficient (Wildman–Crippen LogP) is 2.56. The Morgan fingerprint density at radius 1 is 1.30 bits per heavy atom. The largest absolute Gasteiger partial charge is 0.495 e. The highest BCUT2D eigenvalue weighted by molar-refractivity contribution is 6.31. The van der Waals surface area contributed by atoms with Crippen LogP contribution in [-0.2, 0) is 14.3 Å². The SMILES string of the molecule is CCCCOC(=O)CN(C)CC(=O)Nc1cc(Cl)ccc1OC. The minimum absolute atomic E-state index is 0.0541. The van der Waals surface area contributed by atoms with Crippen LogP contribution < -0.4 is 10.1 Å². The first-order valence-corrected chi connectivity index (χ1v) is 7.81. The van der Waals surface area contributed by atoms with Crippen LogP contribution in [0.1, 0.15) is 19.8 Å². The number of hydrogen-bond acceptors (Lipinski definition) is 5.